The Bertz CT molecular complexity index is 1220. The van der Waals surface area contributed by atoms with Crippen molar-refractivity contribution in [2.75, 3.05) is 13.2 Å². The minimum absolute atomic E-state index is 0.0362. The summed E-state index contributed by atoms with van der Waals surface area (Å²) >= 11 is 0. The third-order valence-corrected chi connectivity index (χ3v) is 5.49. The molecule has 0 aromatic heterocycles. The van der Waals surface area contributed by atoms with Gasteiger partial charge in [0.25, 0.3) is 0 Å². The number of carbonyl (C=O) groups excluding carboxylic acids is 1. The Hall–Kier alpha value is -3.53. The minimum Gasteiger partial charge on any atom is -0.494 e. The van der Waals surface area contributed by atoms with Crippen molar-refractivity contribution in [2.45, 2.75) is 32.7 Å². The maximum absolute atomic E-state index is 11.5. The van der Waals surface area contributed by atoms with Crippen molar-refractivity contribution in [1.29, 1.82) is 0 Å². The highest BCUT2D eigenvalue weighted by molar-refractivity contribution is 5.88. The molecule has 4 aromatic carbocycles. The Morgan fingerprint density at radius 3 is 2.34 bits per heavy atom. The molecule has 1 amide bonds. The maximum Gasteiger partial charge on any atom is 0.217 e. The highest BCUT2D eigenvalue weighted by Crippen LogP contribution is 2.28. The summed E-state index contributed by atoms with van der Waals surface area (Å²) < 4.78 is 11.9. The van der Waals surface area contributed by atoms with E-state index in [2.05, 4.69) is 47.8 Å². The van der Waals surface area contributed by atoms with Crippen LogP contribution in [0.15, 0.2) is 72.8 Å². The van der Waals surface area contributed by atoms with Crippen LogP contribution in [0.4, 0.5) is 0 Å². The molecule has 0 bridgehead atoms. The summed E-state index contributed by atoms with van der Waals surface area (Å²) in [6.45, 7) is 4.82. The molecular weight excluding hydrogens is 398 g/mol. The van der Waals surface area contributed by atoms with Crippen molar-refractivity contribution in [3.05, 3.63) is 84.4 Å². The van der Waals surface area contributed by atoms with Gasteiger partial charge in [0.1, 0.15) is 11.5 Å². The normalized spacial score (nSPS) is 11.9. The average Bonchev–Trinajstić information content (AvgIpc) is 2.80. The molecule has 0 fully saturated rings. The Morgan fingerprint density at radius 2 is 1.59 bits per heavy atom. The van der Waals surface area contributed by atoms with E-state index in [1.807, 2.05) is 43.3 Å². The molecule has 4 nitrogen and oxygen atoms in total. The van der Waals surface area contributed by atoms with Gasteiger partial charge in [-0.3, -0.25) is 4.79 Å². The summed E-state index contributed by atoms with van der Waals surface area (Å²) in [4.78, 5) is 11.5. The van der Waals surface area contributed by atoms with Crippen molar-refractivity contribution in [2.24, 2.45) is 0 Å². The van der Waals surface area contributed by atoms with Gasteiger partial charge in [-0.15, -0.1) is 0 Å². The lowest BCUT2D eigenvalue weighted by Gasteiger charge is -2.16. The van der Waals surface area contributed by atoms with E-state index in [0.717, 1.165) is 46.1 Å². The third kappa shape index (κ3) is 5.38. The first-order valence-corrected chi connectivity index (χ1v) is 11.1. The Morgan fingerprint density at radius 1 is 0.906 bits per heavy atom. The van der Waals surface area contributed by atoms with E-state index in [1.54, 1.807) is 6.92 Å². The number of benzene rings is 4. The molecule has 1 unspecified atom stereocenters. The van der Waals surface area contributed by atoms with Crippen LogP contribution >= 0.6 is 0 Å². The largest absolute Gasteiger partial charge is 0.494 e. The Balaban J connectivity index is 1.28. The van der Waals surface area contributed by atoms with Crippen molar-refractivity contribution >= 4 is 27.5 Å². The van der Waals surface area contributed by atoms with Gasteiger partial charge in [0.05, 0.1) is 19.3 Å². The molecule has 1 radical (unpaired) electrons. The van der Waals surface area contributed by atoms with Gasteiger partial charge >= 0.3 is 0 Å². The lowest BCUT2D eigenvalue weighted by molar-refractivity contribution is -0.119. The van der Waals surface area contributed by atoms with Crippen molar-refractivity contribution in [1.82, 2.24) is 5.32 Å². The van der Waals surface area contributed by atoms with Crippen LogP contribution in [0, 0.1) is 6.07 Å². The Kier molecular flexibility index (Phi) is 6.90. The molecule has 0 aliphatic carbocycles. The molecule has 4 aromatic rings. The predicted molar refractivity (Wildman–Crippen MR) is 129 cm³/mol. The first-order chi connectivity index (χ1) is 15.6. The number of hydrogen-bond acceptors (Lipinski definition) is 3. The molecule has 0 saturated heterocycles. The molecule has 0 spiro atoms. The van der Waals surface area contributed by atoms with Crippen LogP contribution in [-0.4, -0.2) is 19.1 Å². The zero-order valence-electron chi connectivity index (χ0n) is 18.6. The maximum atomic E-state index is 11.5. The molecule has 4 heteroatoms. The van der Waals surface area contributed by atoms with Gasteiger partial charge in [-0.25, -0.2) is 0 Å². The van der Waals surface area contributed by atoms with Gasteiger partial charge in [0, 0.05) is 6.92 Å². The van der Waals surface area contributed by atoms with Crippen LogP contribution in [0.1, 0.15) is 38.3 Å². The minimum atomic E-state index is -0.0590. The molecule has 163 valence electrons. The monoisotopic (exact) mass is 426 g/mol. The number of rotatable bonds is 9. The molecule has 0 saturated carbocycles. The second-order valence-corrected chi connectivity index (χ2v) is 7.98. The van der Waals surface area contributed by atoms with Crippen LogP contribution in [0.2, 0.25) is 0 Å². The number of carbonyl (C=O) groups is 1. The van der Waals surface area contributed by atoms with Gasteiger partial charge in [-0.2, -0.15) is 0 Å². The standard InChI is InChI=1S/C28H28NO3/c1-20(29-21(2)30)27-11-7-10-23-13-15-26(19-28(23)27)32-17-6-5-16-31-25-14-12-22-8-3-4-9-24(22)18-25/h3-4,7-8,10-15,18-20H,5-6,16-17H2,1-2H3,(H,29,30). The van der Waals surface area contributed by atoms with Gasteiger partial charge < -0.3 is 14.8 Å². The van der Waals surface area contributed by atoms with Crippen molar-refractivity contribution in [3.8, 4) is 11.5 Å². The van der Waals surface area contributed by atoms with E-state index < -0.39 is 0 Å². The van der Waals surface area contributed by atoms with E-state index >= 15 is 0 Å². The molecule has 0 aliphatic heterocycles. The quantitative estimate of drug-likeness (QED) is 0.323. The summed E-state index contributed by atoms with van der Waals surface area (Å²) in [6.07, 6.45) is 1.82. The molecule has 32 heavy (non-hydrogen) atoms. The van der Waals surface area contributed by atoms with Crippen LogP contribution < -0.4 is 14.8 Å². The van der Waals surface area contributed by atoms with Crippen LogP contribution in [0.3, 0.4) is 0 Å². The number of ether oxygens (including phenoxy) is 2. The highest BCUT2D eigenvalue weighted by atomic mass is 16.5. The summed E-state index contributed by atoms with van der Waals surface area (Å²) in [6, 6.07) is 27.5. The van der Waals surface area contributed by atoms with E-state index in [9.17, 15) is 4.79 Å². The van der Waals surface area contributed by atoms with Crippen LogP contribution in [-0.2, 0) is 4.79 Å². The first kappa shape index (κ1) is 21.7. The lowest BCUT2D eigenvalue weighted by atomic mass is 9.99. The fourth-order valence-electron chi connectivity index (χ4n) is 3.90. The lowest BCUT2D eigenvalue weighted by Crippen LogP contribution is -2.23. The Labute approximate surface area is 189 Å². The molecular formula is C28H28NO3. The fourth-order valence-corrected chi connectivity index (χ4v) is 3.90. The molecule has 4 rings (SSSR count). The van der Waals surface area contributed by atoms with E-state index in [-0.39, 0.29) is 11.9 Å². The van der Waals surface area contributed by atoms with E-state index in [0.29, 0.717) is 13.2 Å². The molecule has 0 heterocycles. The number of nitrogens with one attached hydrogen (secondary N) is 1. The summed E-state index contributed by atoms with van der Waals surface area (Å²) in [7, 11) is 0. The van der Waals surface area contributed by atoms with E-state index in [1.165, 1.54) is 5.39 Å². The van der Waals surface area contributed by atoms with E-state index in [4.69, 9.17) is 9.47 Å². The van der Waals surface area contributed by atoms with Gasteiger partial charge in [0.2, 0.25) is 5.91 Å². The number of unbranched alkanes of at least 4 members (excludes halogenated alkanes) is 1. The van der Waals surface area contributed by atoms with Gasteiger partial charge in [-0.1, -0.05) is 48.5 Å². The van der Waals surface area contributed by atoms with Gasteiger partial charge in [0.15, 0.2) is 0 Å². The summed E-state index contributed by atoms with van der Waals surface area (Å²) in [5, 5.41) is 7.43. The number of hydrogen-bond donors (Lipinski definition) is 1. The second kappa shape index (κ2) is 10.2. The zero-order valence-corrected chi connectivity index (χ0v) is 18.6. The third-order valence-electron chi connectivity index (χ3n) is 5.49. The number of amides is 1. The first-order valence-electron chi connectivity index (χ1n) is 11.1. The second-order valence-electron chi connectivity index (χ2n) is 7.98. The van der Waals surface area contributed by atoms with Crippen molar-refractivity contribution < 1.29 is 14.3 Å². The average molecular weight is 427 g/mol. The number of fused-ring (bicyclic) bond motifs is 2. The SMILES string of the molecule is CC(=O)NC(C)c1cccc2ccc(OCCCCOc3ccc4ccc[c]c4c3)cc12. The zero-order chi connectivity index (χ0) is 22.3. The molecule has 0 aliphatic rings. The molecule has 1 atom stereocenters. The van der Waals surface area contributed by atoms with Crippen LogP contribution in [0.5, 0.6) is 11.5 Å². The smallest absolute Gasteiger partial charge is 0.217 e. The molecule has 1 N–H and O–H groups in total. The summed E-state index contributed by atoms with van der Waals surface area (Å²) in [5.41, 5.74) is 1.09. The summed E-state index contributed by atoms with van der Waals surface area (Å²) in [5.74, 6) is 1.67. The fraction of sp³-hybridized carbons (Fsp3) is 0.250. The van der Waals surface area contributed by atoms with Crippen molar-refractivity contribution in [3.63, 3.8) is 0 Å². The topological polar surface area (TPSA) is 47.6 Å². The van der Waals surface area contributed by atoms with Gasteiger partial charge in [-0.05, 0) is 77.2 Å². The predicted octanol–water partition coefficient (Wildman–Crippen LogP) is 6.23. The highest BCUT2D eigenvalue weighted by Gasteiger charge is 2.11. The van der Waals surface area contributed by atoms with Crippen LogP contribution in [0.25, 0.3) is 21.5 Å².